The summed E-state index contributed by atoms with van der Waals surface area (Å²) in [6.45, 7) is 10.8. The van der Waals surface area contributed by atoms with Gasteiger partial charge in [-0.3, -0.25) is 0 Å². The Balaban J connectivity index is 1.68. The van der Waals surface area contributed by atoms with Crippen LogP contribution >= 0.6 is 0 Å². The van der Waals surface area contributed by atoms with Gasteiger partial charge in [-0.1, -0.05) is 13.2 Å². The first-order valence-corrected chi connectivity index (χ1v) is 11.2. The normalized spacial score (nSPS) is 24.7. The number of hydrogen-bond acceptors (Lipinski definition) is 8. The van der Waals surface area contributed by atoms with Crippen molar-refractivity contribution in [3.05, 3.63) is 25.3 Å². The van der Waals surface area contributed by atoms with Crippen molar-refractivity contribution in [2.75, 3.05) is 26.3 Å². The van der Waals surface area contributed by atoms with Crippen LogP contribution in [0.15, 0.2) is 25.3 Å². The first-order chi connectivity index (χ1) is 15.7. The third-order valence-electron chi connectivity index (χ3n) is 6.10. The Morgan fingerprint density at radius 2 is 1.39 bits per heavy atom. The summed E-state index contributed by atoms with van der Waals surface area (Å²) in [7, 11) is 0. The fraction of sp³-hybridized carbons (Fsp3) is 0.652. The third-order valence-corrected chi connectivity index (χ3v) is 6.10. The molecule has 184 valence electrons. The van der Waals surface area contributed by atoms with E-state index in [1.165, 1.54) is 0 Å². The van der Waals surface area contributed by atoms with E-state index >= 15 is 0 Å². The van der Waals surface area contributed by atoms with E-state index < -0.39 is 36.3 Å². The van der Waals surface area contributed by atoms with E-state index in [2.05, 4.69) is 23.8 Å². The number of hydrogen-bond donors (Lipinski definition) is 2. The van der Waals surface area contributed by atoms with Gasteiger partial charge in [-0.2, -0.15) is 0 Å². The number of carbonyl (C=O) groups excluding carboxylic acids is 4. The van der Waals surface area contributed by atoms with Crippen molar-refractivity contribution in [3.8, 4) is 0 Å². The summed E-state index contributed by atoms with van der Waals surface area (Å²) in [5.41, 5.74) is 0. The summed E-state index contributed by atoms with van der Waals surface area (Å²) in [5, 5.41) is 5.61. The van der Waals surface area contributed by atoms with E-state index in [1.807, 2.05) is 0 Å². The van der Waals surface area contributed by atoms with Crippen LogP contribution in [-0.4, -0.2) is 62.6 Å². The molecule has 2 saturated carbocycles. The maximum absolute atomic E-state index is 12.1. The molecule has 2 rings (SSSR count). The largest absolute Gasteiger partial charge is 0.459 e. The molecule has 0 aromatic rings. The minimum Gasteiger partial charge on any atom is -0.459 e. The smallest absolute Gasteiger partial charge is 0.407 e. The molecule has 33 heavy (non-hydrogen) atoms. The lowest BCUT2D eigenvalue weighted by Crippen LogP contribution is -2.37. The van der Waals surface area contributed by atoms with Crippen LogP contribution in [0.1, 0.15) is 33.1 Å². The molecule has 10 nitrogen and oxygen atoms in total. The fourth-order valence-electron chi connectivity index (χ4n) is 4.63. The Morgan fingerprint density at radius 3 is 1.91 bits per heavy atom. The van der Waals surface area contributed by atoms with Gasteiger partial charge in [-0.15, -0.1) is 0 Å². The van der Waals surface area contributed by atoms with Gasteiger partial charge in [-0.05, 0) is 56.8 Å². The molecule has 10 heteroatoms. The number of nitrogens with one attached hydrogen (secondary N) is 2. The molecule has 0 aliphatic heterocycles. The Kier molecular flexibility index (Phi) is 10.2. The third kappa shape index (κ3) is 8.43. The van der Waals surface area contributed by atoms with Gasteiger partial charge in [0.25, 0.3) is 0 Å². The molecular formula is C23H34N2O8. The highest BCUT2D eigenvalue weighted by atomic mass is 16.6. The summed E-state index contributed by atoms with van der Waals surface area (Å²) in [5.74, 6) is 0.384. The summed E-state index contributed by atoms with van der Waals surface area (Å²) < 4.78 is 20.1. The van der Waals surface area contributed by atoms with E-state index in [0.29, 0.717) is 36.8 Å². The van der Waals surface area contributed by atoms with Crippen molar-refractivity contribution in [1.82, 2.24) is 10.6 Å². The maximum Gasteiger partial charge on any atom is 0.407 e. The van der Waals surface area contributed by atoms with Crippen LogP contribution in [0.5, 0.6) is 0 Å². The molecule has 0 spiro atoms. The summed E-state index contributed by atoms with van der Waals surface area (Å²) in [6, 6.07) is 0. The van der Waals surface area contributed by atoms with E-state index in [9.17, 15) is 19.2 Å². The lowest BCUT2D eigenvalue weighted by molar-refractivity contribution is -0.141. The van der Waals surface area contributed by atoms with Crippen molar-refractivity contribution in [3.63, 3.8) is 0 Å². The Labute approximate surface area is 194 Å². The van der Waals surface area contributed by atoms with Crippen LogP contribution in [0.3, 0.4) is 0 Å². The molecule has 2 aliphatic carbocycles. The molecule has 2 bridgehead atoms. The second kappa shape index (κ2) is 12.9. The van der Waals surface area contributed by atoms with Crippen molar-refractivity contribution in [2.45, 2.75) is 45.3 Å². The number of ether oxygens (including phenoxy) is 4. The summed E-state index contributed by atoms with van der Waals surface area (Å²) in [4.78, 5) is 46.2. The monoisotopic (exact) mass is 466 g/mol. The highest BCUT2D eigenvalue weighted by Crippen LogP contribution is 2.52. The van der Waals surface area contributed by atoms with Crippen LogP contribution in [0, 0.1) is 23.7 Å². The van der Waals surface area contributed by atoms with Gasteiger partial charge < -0.3 is 29.6 Å². The number of rotatable bonds is 12. The quantitative estimate of drug-likeness (QED) is 0.255. The Morgan fingerprint density at radius 1 is 0.879 bits per heavy atom. The van der Waals surface area contributed by atoms with Gasteiger partial charge in [0.05, 0.1) is 0 Å². The predicted octanol–water partition coefficient (Wildman–Crippen LogP) is 2.34. The van der Waals surface area contributed by atoms with E-state index in [0.717, 1.165) is 31.4 Å². The number of amides is 2. The van der Waals surface area contributed by atoms with Crippen molar-refractivity contribution in [2.24, 2.45) is 23.7 Å². The molecule has 0 radical (unpaired) electrons. The topological polar surface area (TPSA) is 129 Å². The summed E-state index contributed by atoms with van der Waals surface area (Å²) >= 11 is 0. The van der Waals surface area contributed by atoms with Crippen molar-refractivity contribution in [1.29, 1.82) is 0 Å². The second-order valence-corrected chi connectivity index (χ2v) is 8.52. The van der Waals surface area contributed by atoms with E-state index in [4.69, 9.17) is 18.9 Å². The average Bonchev–Trinajstić information content (AvgIpc) is 3.34. The van der Waals surface area contributed by atoms with Crippen molar-refractivity contribution >= 4 is 24.1 Å². The predicted molar refractivity (Wildman–Crippen MR) is 118 cm³/mol. The Hall–Kier alpha value is -3.04. The molecule has 0 saturated heterocycles. The minimum absolute atomic E-state index is 0.0356. The van der Waals surface area contributed by atoms with Crippen molar-refractivity contribution < 1.29 is 38.1 Å². The molecule has 6 atom stereocenters. The molecule has 2 aliphatic rings. The molecule has 2 amide bonds. The first kappa shape index (κ1) is 26.2. The lowest BCUT2D eigenvalue weighted by atomic mass is 9.88. The van der Waals surface area contributed by atoms with Crippen LogP contribution in [0.2, 0.25) is 0 Å². The maximum atomic E-state index is 12.1. The highest BCUT2D eigenvalue weighted by Gasteiger charge is 2.47. The lowest BCUT2D eigenvalue weighted by Gasteiger charge is -2.23. The zero-order valence-electron chi connectivity index (χ0n) is 19.2. The molecule has 2 fully saturated rings. The zero-order valence-corrected chi connectivity index (χ0v) is 19.2. The second-order valence-electron chi connectivity index (χ2n) is 8.52. The number of carbonyl (C=O) groups is 4. The molecule has 0 aromatic carbocycles. The van der Waals surface area contributed by atoms with Gasteiger partial charge in [0.2, 0.25) is 0 Å². The molecule has 6 unspecified atom stereocenters. The van der Waals surface area contributed by atoms with Crippen LogP contribution < -0.4 is 10.6 Å². The Bertz CT molecular complexity index is 740. The van der Waals surface area contributed by atoms with E-state index in [1.54, 1.807) is 13.8 Å². The first-order valence-electron chi connectivity index (χ1n) is 11.2. The minimum atomic E-state index is -0.570. The average molecular weight is 467 g/mol. The SMILES string of the molecule is C=CC(=O)OCC(C)OC(=O)NCC1CC2CCC1C2CNC(=O)OC(C)COC(=O)C=C. The van der Waals surface area contributed by atoms with Crippen LogP contribution in [-0.2, 0) is 28.5 Å². The standard InChI is InChI=1S/C23H34N2O8/c1-5-20(26)30-12-14(3)32-22(28)24-10-17-9-16-7-8-18(17)19(16)11-25-23(29)33-15(4)13-31-21(27)6-2/h5-6,14-19H,1-2,7-13H2,3-4H3,(H,24,28)(H,25,29). The molecule has 2 N–H and O–H groups in total. The molecular weight excluding hydrogens is 432 g/mol. The molecule has 0 heterocycles. The molecule has 0 aromatic heterocycles. The van der Waals surface area contributed by atoms with Crippen LogP contribution in [0.25, 0.3) is 0 Å². The van der Waals surface area contributed by atoms with Gasteiger partial charge in [0.15, 0.2) is 0 Å². The highest BCUT2D eigenvalue weighted by molar-refractivity contribution is 5.81. The number of fused-ring (bicyclic) bond motifs is 2. The number of esters is 2. The van der Waals surface area contributed by atoms with E-state index in [-0.39, 0.29) is 13.2 Å². The van der Waals surface area contributed by atoms with Crippen LogP contribution in [0.4, 0.5) is 9.59 Å². The zero-order chi connectivity index (χ0) is 24.4. The summed E-state index contributed by atoms with van der Waals surface area (Å²) in [6.07, 6.45) is 3.00. The fourth-order valence-corrected chi connectivity index (χ4v) is 4.63. The van der Waals surface area contributed by atoms with Gasteiger partial charge in [0, 0.05) is 25.2 Å². The van der Waals surface area contributed by atoms with Gasteiger partial charge in [-0.25, -0.2) is 19.2 Å². The number of alkyl carbamates (subject to hydrolysis) is 2. The van der Waals surface area contributed by atoms with Gasteiger partial charge in [0.1, 0.15) is 25.4 Å². The van der Waals surface area contributed by atoms with Gasteiger partial charge >= 0.3 is 24.1 Å².